The molecule has 0 saturated carbocycles. The van der Waals surface area contributed by atoms with Crippen molar-refractivity contribution in [2.45, 2.75) is 19.8 Å². The zero-order chi connectivity index (χ0) is 16.4. The molecular formula is C19H16ClNOS. The highest BCUT2D eigenvalue weighted by molar-refractivity contribution is 7.18. The SMILES string of the molecule is CC(C)c1ccc(-c2cnc(-c3ccc(C=O)cc3)s2)cc1Cl. The molecule has 3 aromatic rings. The molecule has 0 atom stereocenters. The molecule has 0 spiro atoms. The third-order valence-electron chi connectivity index (χ3n) is 3.71. The number of hydrogen-bond acceptors (Lipinski definition) is 3. The number of carbonyl (C=O) groups is 1. The molecule has 0 radical (unpaired) electrons. The fourth-order valence-corrected chi connectivity index (χ4v) is 3.71. The Morgan fingerprint density at radius 2 is 1.78 bits per heavy atom. The quantitative estimate of drug-likeness (QED) is 0.539. The summed E-state index contributed by atoms with van der Waals surface area (Å²) in [6.45, 7) is 4.27. The third kappa shape index (κ3) is 3.36. The minimum Gasteiger partial charge on any atom is -0.298 e. The number of halogens is 1. The highest BCUT2D eigenvalue weighted by atomic mass is 35.5. The molecule has 1 heterocycles. The molecule has 0 amide bonds. The van der Waals surface area contributed by atoms with Crippen LogP contribution >= 0.6 is 22.9 Å². The van der Waals surface area contributed by atoms with Crippen LogP contribution in [0, 0.1) is 0 Å². The van der Waals surface area contributed by atoms with Crippen LogP contribution in [0.4, 0.5) is 0 Å². The molecule has 2 nitrogen and oxygen atoms in total. The van der Waals surface area contributed by atoms with Crippen molar-refractivity contribution in [1.29, 1.82) is 0 Å². The predicted octanol–water partition coefficient (Wildman–Crippen LogP) is 6.07. The first-order chi connectivity index (χ1) is 11.1. The topological polar surface area (TPSA) is 30.0 Å². The van der Waals surface area contributed by atoms with Crippen molar-refractivity contribution in [3.05, 3.63) is 64.8 Å². The average molecular weight is 342 g/mol. The third-order valence-corrected chi connectivity index (χ3v) is 5.13. The van der Waals surface area contributed by atoms with Gasteiger partial charge >= 0.3 is 0 Å². The van der Waals surface area contributed by atoms with E-state index in [1.165, 1.54) is 0 Å². The van der Waals surface area contributed by atoms with Gasteiger partial charge in [-0.15, -0.1) is 11.3 Å². The van der Waals surface area contributed by atoms with E-state index in [9.17, 15) is 4.79 Å². The zero-order valence-electron chi connectivity index (χ0n) is 12.9. The Morgan fingerprint density at radius 3 is 2.39 bits per heavy atom. The van der Waals surface area contributed by atoms with Gasteiger partial charge in [-0.1, -0.05) is 61.8 Å². The lowest BCUT2D eigenvalue weighted by Gasteiger charge is -2.09. The minimum absolute atomic E-state index is 0.407. The Labute approximate surface area is 144 Å². The van der Waals surface area contributed by atoms with E-state index in [0.717, 1.165) is 37.9 Å². The number of aldehydes is 1. The van der Waals surface area contributed by atoms with E-state index in [0.29, 0.717) is 11.5 Å². The van der Waals surface area contributed by atoms with Crippen molar-refractivity contribution in [1.82, 2.24) is 4.98 Å². The van der Waals surface area contributed by atoms with Crippen molar-refractivity contribution in [3.63, 3.8) is 0 Å². The van der Waals surface area contributed by atoms with Crippen molar-refractivity contribution in [3.8, 4) is 21.0 Å². The summed E-state index contributed by atoms with van der Waals surface area (Å²) in [5.74, 6) is 0.407. The first kappa shape index (κ1) is 15.9. The van der Waals surface area contributed by atoms with Crippen molar-refractivity contribution >= 4 is 29.2 Å². The highest BCUT2D eigenvalue weighted by Gasteiger charge is 2.10. The summed E-state index contributed by atoms with van der Waals surface area (Å²) >= 11 is 8.00. The summed E-state index contributed by atoms with van der Waals surface area (Å²) in [5, 5.41) is 1.73. The van der Waals surface area contributed by atoms with Gasteiger partial charge in [-0.05, 0) is 23.1 Å². The van der Waals surface area contributed by atoms with Crippen LogP contribution in [0.5, 0.6) is 0 Å². The summed E-state index contributed by atoms with van der Waals surface area (Å²) in [5.41, 5.74) is 3.91. The molecule has 0 N–H and O–H groups in total. The average Bonchev–Trinajstić information content (AvgIpc) is 3.04. The Hall–Kier alpha value is -1.97. The fourth-order valence-electron chi connectivity index (χ4n) is 2.39. The lowest BCUT2D eigenvalue weighted by molar-refractivity contribution is 0.112. The van der Waals surface area contributed by atoms with Crippen molar-refractivity contribution in [2.24, 2.45) is 0 Å². The van der Waals surface area contributed by atoms with Crippen LogP contribution in [0.25, 0.3) is 21.0 Å². The molecule has 2 aromatic carbocycles. The van der Waals surface area contributed by atoms with Crippen LogP contribution in [-0.2, 0) is 0 Å². The summed E-state index contributed by atoms with van der Waals surface area (Å²) in [7, 11) is 0. The Balaban J connectivity index is 1.92. The van der Waals surface area contributed by atoms with Crippen molar-refractivity contribution in [2.75, 3.05) is 0 Å². The van der Waals surface area contributed by atoms with Gasteiger partial charge in [0.05, 0.1) is 4.88 Å². The maximum atomic E-state index is 10.7. The van der Waals surface area contributed by atoms with Crippen LogP contribution in [0.1, 0.15) is 35.7 Å². The zero-order valence-corrected chi connectivity index (χ0v) is 14.5. The maximum absolute atomic E-state index is 10.7. The fraction of sp³-hybridized carbons (Fsp3) is 0.158. The largest absolute Gasteiger partial charge is 0.298 e. The molecule has 23 heavy (non-hydrogen) atoms. The number of carbonyl (C=O) groups excluding carboxylic acids is 1. The van der Waals surface area contributed by atoms with E-state index in [-0.39, 0.29) is 0 Å². The minimum atomic E-state index is 0.407. The number of thiazole rings is 1. The second-order valence-corrected chi connectivity index (χ2v) is 7.10. The molecule has 0 aliphatic heterocycles. The Kier molecular flexibility index (Phi) is 4.60. The molecule has 0 aliphatic carbocycles. The van der Waals surface area contributed by atoms with Crippen LogP contribution in [-0.4, -0.2) is 11.3 Å². The van der Waals surface area contributed by atoms with Crippen LogP contribution in [0.15, 0.2) is 48.7 Å². The maximum Gasteiger partial charge on any atom is 0.150 e. The lowest BCUT2D eigenvalue weighted by atomic mass is 10.0. The molecule has 0 fully saturated rings. The standard InChI is InChI=1S/C19H16ClNOS/c1-12(2)16-8-7-15(9-17(16)20)18-10-21-19(23-18)14-5-3-13(11-22)4-6-14/h3-12H,1-2H3. The van der Waals surface area contributed by atoms with Gasteiger partial charge in [0.1, 0.15) is 11.3 Å². The first-order valence-corrected chi connectivity index (χ1v) is 8.59. The van der Waals surface area contributed by atoms with Gasteiger partial charge in [-0.25, -0.2) is 4.98 Å². The molecule has 0 bridgehead atoms. The Morgan fingerprint density at radius 1 is 1.09 bits per heavy atom. The normalized spacial score (nSPS) is 11.0. The predicted molar refractivity (Wildman–Crippen MR) is 97.5 cm³/mol. The molecular weight excluding hydrogens is 326 g/mol. The van der Waals surface area contributed by atoms with E-state index in [1.54, 1.807) is 23.5 Å². The monoisotopic (exact) mass is 341 g/mol. The Bertz CT molecular complexity index is 837. The van der Waals surface area contributed by atoms with Gasteiger partial charge in [-0.3, -0.25) is 4.79 Å². The van der Waals surface area contributed by atoms with Gasteiger partial charge in [-0.2, -0.15) is 0 Å². The van der Waals surface area contributed by atoms with E-state index in [2.05, 4.69) is 31.0 Å². The lowest BCUT2D eigenvalue weighted by Crippen LogP contribution is -1.88. The molecule has 1 aromatic heterocycles. The van der Waals surface area contributed by atoms with E-state index < -0.39 is 0 Å². The van der Waals surface area contributed by atoms with Gasteiger partial charge in [0, 0.05) is 22.3 Å². The van der Waals surface area contributed by atoms with Gasteiger partial charge in [0.2, 0.25) is 0 Å². The summed E-state index contributed by atoms with van der Waals surface area (Å²) in [6, 6.07) is 13.6. The summed E-state index contributed by atoms with van der Waals surface area (Å²) in [6.07, 6.45) is 2.71. The van der Waals surface area contributed by atoms with Gasteiger partial charge in [0.15, 0.2) is 0 Å². The molecule has 3 rings (SSSR count). The molecule has 116 valence electrons. The molecule has 4 heteroatoms. The van der Waals surface area contributed by atoms with Gasteiger partial charge in [0.25, 0.3) is 0 Å². The molecule has 0 saturated heterocycles. The van der Waals surface area contributed by atoms with Crippen molar-refractivity contribution < 1.29 is 4.79 Å². The van der Waals surface area contributed by atoms with E-state index >= 15 is 0 Å². The number of aromatic nitrogens is 1. The van der Waals surface area contributed by atoms with Crippen LogP contribution < -0.4 is 0 Å². The van der Waals surface area contributed by atoms with Crippen LogP contribution in [0.2, 0.25) is 5.02 Å². The molecule has 0 aliphatic rings. The van der Waals surface area contributed by atoms with E-state index in [4.69, 9.17) is 11.6 Å². The first-order valence-electron chi connectivity index (χ1n) is 7.39. The number of rotatable bonds is 4. The summed E-state index contributed by atoms with van der Waals surface area (Å²) in [4.78, 5) is 16.3. The van der Waals surface area contributed by atoms with Gasteiger partial charge < -0.3 is 0 Å². The number of nitrogens with zero attached hydrogens (tertiary/aromatic N) is 1. The second kappa shape index (κ2) is 6.65. The summed E-state index contributed by atoms with van der Waals surface area (Å²) < 4.78 is 0. The second-order valence-electron chi connectivity index (χ2n) is 5.66. The van der Waals surface area contributed by atoms with E-state index in [1.807, 2.05) is 24.4 Å². The number of hydrogen-bond donors (Lipinski definition) is 0. The number of benzene rings is 2. The van der Waals surface area contributed by atoms with Crippen LogP contribution in [0.3, 0.4) is 0 Å². The smallest absolute Gasteiger partial charge is 0.150 e. The highest BCUT2D eigenvalue weighted by Crippen LogP contribution is 2.35. The molecule has 0 unspecified atom stereocenters.